The number of aliphatic hydroxyl groups excluding tert-OH is 1. The van der Waals surface area contributed by atoms with Gasteiger partial charge in [0.05, 0.1) is 19.3 Å². The van der Waals surface area contributed by atoms with E-state index in [0.29, 0.717) is 56.4 Å². The fourth-order valence-electron chi connectivity index (χ4n) is 6.88. The number of fused-ring (bicyclic) bond motifs is 12. The van der Waals surface area contributed by atoms with Gasteiger partial charge in [-0.1, -0.05) is 40.5 Å². The summed E-state index contributed by atoms with van der Waals surface area (Å²) in [7, 11) is 5.10. The Morgan fingerprint density at radius 3 is 2.70 bits per heavy atom. The van der Waals surface area contributed by atoms with E-state index in [1.165, 1.54) is 14.0 Å². The van der Waals surface area contributed by atoms with E-state index in [0.717, 1.165) is 49.2 Å². The lowest BCUT2D eigenvalue weighted by atomic mass is 9.72. The molecule has 3 aliphatic heterocycles. The number of rotatable bonds is 3. The number of guanidine groups is 1. The molecule has 5 atom stereocenters. The lowest BCUT2D eigenvalue weighted by molar-refractivity contribution is -0.168. The van der Waals surface area contributed by atoms with Gasteiger partial charge in [-0.05, 0) is 68.4 Å². The molecule has 10 nitrogen and oxygen atoms in total. The molecule has 2 fully saturated rings. The zero-order chi connectivity index (χ0) is 31.0. The number of aromatic hydroxyl groups is 1. The van der Waals surface area contributed by atoms with Crippen LogP contribution in [0.3, 0.4) is 0 Å². The normalized spacial score (nSPS) is 29.6. The zero-order valence-corrected chi connectivity index (χ0v) is 27.1. The number of carbonyl (C=O) groups is 2. The first-order chi connectivity index (χ1) is 20.6. The van der Waals surface area contributed by atoms with Gasteiger partial charge in [0.15, 0.2) is 17.5 Å². The monoisotopic (exact) mass is 636 g/mol. The fourth-order valence-corrected chi connectivity index (χ4v) is 9.25. The molecule has 1 aliphatic carbocycles. The van der Waals surface area contributed by atoms with Crippen molar-refractivity contribution >= 4 is 39.4 Å². The maximum Gasteiger partial charge on any atom is 0.303 e. The predicted octanol–water partition coefficient (Wildman–Crippen LogP) is 4.13. The number of esters is 1. The minimum atomic E-state index is -0.736. The van der Waals surface area contributed by atoms with Crippen molar-refractivity contribution < 1.29 is 29.3 Å². The Bertz CT molecular complexity index is 1150. The van der Waals surface area contributed by atoms with Crippen LogP contribution in [0.1, 0.15) is 82.3 Å². The molecule has 5 rings (SSSR count). The Hall–Kier alpha value is -2.31. The Morgan fingerprint density at radius 1 is 1.16 bits per heavy atom. The van der Waals surface area contributed by atoms with Crippen molar-refractivity contribution in [3.8, 4) is 11.5 Å². The van der Waals surface area contributed by atoms with Crippen LogP contribution < -0.4 is 16.2 Å². The number of phenolic OH excluding ortho intramolecular Hbond substituents is 1. The minimum Gasteiger partial charge on any atom is -0.504 e. The van der Waals surface area contributed by atoms with Gasteiger partial charge >= 0.3 is 5.97 Å². The molecule has 43 heavy (non-hydrogen) atoms. The number of nitrogens with two attached hydrogens (primary N) is 2. The van der Waals surface area contributed by atoms with Gasteiger partial charge in [0, 0.05) is 49.9 Å². The third kappa shape index (κ3) is 9.59. The number of carbonyl (C=O) groups excluding carboxylic acids is 2. The van der Waals surface area contributed by atoms with Crippen LogP contribution in [0.15, 0.2) is 17.1 Å². The highest BCUT2D eigenvalue weighted by molar-refractivity contribution is 8.76. The molecule has 1 saturated carbocycles. The van der Waals surface area contributed by atoms with Crippen molar-refractivity contribution in [2.24, 2.45) is 28.3 Å². The summed E-state index contributed by atoms with van der Waals surface area (Å²) in [4.78, 5) is 31.5. The average molecular weight is 637 g/mol. The lowest BCUT2D eigenvalue weighted by Crippen LogP contribution is -2.45. The molecule has 0 unspecified atom stereocenters. The topological polar surface area (TPSA) is 161 Å². The number of hydrogen-bond acceptors (Lipinski definition) is 9. The molecule has 6 N–H and O–H groups in total. The first-order valence-corrected chi connectivity index (χ1v) is 17.9. The van der Waals surface area contributed by atoms with E-state index in [-0.39, 0.29) is 48.0 Å². The third-order valence-electron chi connectivity index (χ3n) is 9.00. The Kier molecular flexibility index (Phi) is 12.2. The maximum absolute atomic E-state index is 13.1. The molecule has 0 aromatic heterocycles. The van der Waals surface area contributed by atoms with Crippen LogP contribution in [0.25, 0.3) is 0 Å². The number of aryl methyl sites for hydroxylation is 1. The van der Waals surface area contributed by atoms with Crippen LogP contribution in [0.4, 0.5) is 0 Å². The molecule has 0 spiro atoms. The molecule has 1 aromatic rings. The molecule has 3 heterocycles. The Labute approximate surface area is 263 Å². The quantitative estimate of drug-likeness (QED) is 0.164. The van der Waals surface area contributed by atoms with Gasteiger partial charge in [0.25, 0.3) is 0 Å². The number of methoxy groups -OCH3 is 1. The third-order valence-corrected chi connectivity index (χ3v) is 11.5. The van der Waals surface area contributed by atoms with E-state index in [4.69, 9.17) is 20.9 Å². The molecule has 0 radical (unpaired) electrons. The summed E-state index contributed by atoms with van der Waals surface area (Å²) in [5, 5.41) is 22.1. The van der Waals surface area contributed by atoms with Gasteiger partial charge in [-0.2, -0.15) is 0 Å². The molecule has 240 valence electrons. The highest BCUT2D eigenvalue weighted by atomic mass is 33.1. The second-order valence-corrected chi connectivity index (χ2v) is 15.0. The number of phenols is 1. The molecule has 1 aromatic carbocycles. The van der Waals surface area contributed by atoms with E-state index in [1.54, 1.807) is 21.8 Å². The summed E-state index contributed by atoms with van der Waals surface area (Å²) in [5.41, 5.74) is 12.3. The van der Waals surface area contributed by atoms with Gasteiger partial charge in [0.1, 0.15) is 5.60 Å². The SMILES string of the molecule is COc1cc2cc(c1O)CN1C[C@@H](CC1=O)C[C@H](N=C(N)N)CSSCCCCC[C@@H]1CC[C@@](OC(C)=O)(CC2)C[C@H]1O. The summed E-state index contributed by atoms with van der Waals surface area (Å²) in [5.74, 6) is 2.24. The maximum atomic E-state index is 13.1. The zero-order valence-electron chi connectivity index (χ0n) is 25.5. The van der Waals surface area contributed by atoms with Crippen LogP contribution >= 0.6 is 21.6 Å². The number of benzene rings is 1. The van der Waals surface area contributed by atoms with Crippen molar-refractivity contribution in [3.05, 3.63) is 23.3 Å². The molecule has 6 bridgehead atoms. The van der Waals surface area contributed by atoms with Crippen molar-refractivity contribution in [3.63, 3.8) is 0 Å². The highest BCUT2D eigenvalue weighted by Gasteiger charge is 2.42. The predicted molar refractivity (Wildman–Crippen MR) is 172 cm³/mol. The van der Waals surface area contributed by atoms with Gasteiger partial charge in [-0.25, -0.2) is 4.99 Å². The molecular formula is C31H48N4O6S2. The standard InChI is InChI=1S/C31H48N4O6S2/c1-20(36)41-31-9-7-21-12-24(29(39)27(14-21)40-2)18-35-17-22(15-28(35)38)13-25(34-30(32)33)19-43-42-11-5-3-4-6-23(8-10-31)26(37)16-31/h12,14,22-23,25-26,37,39H,3-11,13,15-19H2,1-2H3,(H4,32,33,34)/t22-,23-,25+,26-,31+/m1/s1. The van der Waals surface area contributed by atoms with Crippen LogP contribution in [-0.2, 0) is 27.3 Å². The fraction of sp³-hybridized carbons (Fsp3) is 0.710. The summed E-state index contributed by atoms with van der Waals surface area (Å²) in [6.45, 7) is 2.25. The number of amides is 1. The number of aliphatic hydroxyl groups is 1. The Morgan fingerprint density at radius 2 is 1.98 bits per heavy atom. The summed E-state index contributed by atoms with van der Waals surface area (Å²) in [6, 6.07) is 3.64. The van der Waals surface area contributed by atoms with Crippen LogP contribution in [-0.4, -0.2) is 75.9 Å². The van der Waals surface area contributed by atoms with Crippen molar-refractivity contribution in [2.45, 2.75) is 102 Å². The summed E-state index contributed by atoms with van der Waals surface area (Å²) < 4.78 is 11.4. The molecule has 4 aliphatic rings. The van der Waals surface area contributed by atoms with E-state index >= 15 is 0 Å². The van der Waals surface area contributed by atoms with Crippen molar-refractivity contribution in [1.29, 1.82) is 0 Å². The second-order valence-electron chi connectivity index (χ2n) is 12.4. The number of ether oxygens (including phenoxy) is 2. The van der Waals surface area contributed by atoms with Crippen LogP contribution in [0, 0.1) is 11.8 Å². The van der Waals surface area contributed by atoms with Crippen molar-refractivity contribution in [1.82, 2.24) is 4.90 Å². The van der Waals surface area contributed by atoms with Gasteiger partial charge in [-0.3, -0.25) is 9.59 Å². The number of hydrogen-bond donors (Lipinski definition) is 4. The van der Waals surface area contributed by atoms with Gasteiger partial charge < -0.3 is 36.1 Å². The van der Waals surface area contributed by atoms with E-state index in [2.05, 4.69) is 4.99 Å². The second kappa shape index (κ2) is 15.6. The largest absolute Gasteiger partial charge is 0.504 e. The first kappa shape index (κ1) is 33.6. The van der Waals surface area contributed by atoms with Crippen LogP contribution in [0.5, 0.6) is 11.5 Å². The average Bonchev–Trinajstić information content (AvgIpc) is 3.28. The van der Waals surface area contributed by atoms with Crippen molar-refractivity contribution in [2.75, 3.05) is 25.2 Å². The van der Waals surface area contributed by atoms with Gasteiger partial charge in [0.2, 0.25) is 5.91 Å². The highest BCUT2D eigenvalue weighted by Crippen LogP contribution is 2.42. The van der Waals surface area contributed by atoms with E-state index in [1.807, 2.05) is 16.9 Å². The lowest BCUT2D eigenvalue weighted by Gasteiger charge is -2.42. The minimum absolute atomic E-state index is 0.0189. The molecule has 1 amide bonds. The number of nitrogens with zero attached hydrogens (tertiary/aromatic N) is 2. The first-order valence-electron chi connectivity index (χ1n) is 15.4. The molecule has 12 heteroatoms. The smallest absolute Gasteiger partial charge is 0.303 e. The summed E-state index contributed by atoms with van der Waals surface area (Å²) >= 11 is 0. The molecular weight excluding hydrogens is 588 g/mol. The summed E-state index contributed by atoms with van der Waals surface area (Å²) in [6.07, 6.45) is 7.92. The van der Waals surface area contributed by atoms with Crippen LogP contribution in [0.2, 0.25) is 0 Å². The molecule has 1 saturated heterocycles. The Balaban J connectivity index is 1.57. The number of aliphatic imine (C=N–C) groups is 1. The van der Waals surface area contributed by atoms with Gasteiger partial charge in [-0.15, -0.1) is 0 Å². The van der Waals surface area contributed by atoms with E-state index < -0.39 is 11.7 Å². The van der Waals surface area contributed by atoms with E-state index in [9.17, 15) is 19.8 Å².